The van der Waals surface area contributed by atoms with E-state index in [4.69, 9.17) is 9.47 Å². The summed E-state index contributed by atoms with van der Waals surface area (Å²) in [6, 6.07) is 10.1. The van der Waals surface area contributed by atoms with Crippen LogP contribution in [0, 0.1) is 0 Å². The molecule has 0 unspecified atom stereocenters. The lowest BCUT2D eigenvalue weighted by Gasteiger charge is -2.03. The number of rotatable bonds is 6. The second kappa shape index (κ2) is 7.15. The van der Waals surface area contributed by atoms with Crippen LogP contribution < -0.4 is 0 Å². The summed E-state index contributed by atoms with van der Waals surface area (Å²) in [6.07, 6.45) is 3.53. The molecule has 0 bridgehead atoms. The second-order valence-corrected chi connectivity index (χ2v) is 2.88. The van der Waals surface area contributed by atoms with Gasteiger partial charge in [-0.15, -0.1) is 0 Å². The molecule has 0 amide bonds. The third kappa shape index (κ3) is 4.67. The molecule has 76 valence electrons. The highest BCUT2D eigenvalue weighted by Crippen LogP contribution is 1.99. The van der Waals surface area contributed by atoms with Gasteiger partial charge in [0.15, 0.2) is 0 Å². The van der Waals surface area contributed by atoms with Crippen LogP contribution in [-0.4, -0.2) is 13.2 Å². The highest BCUT2D eigenvalue weighted by molar-refractivity contribution is 5.13. The quantitative estimate of drug-likeness (QED) is 0.509. The predicted octanol–water partition coefficient (Wildman–Crippen LogP) is 2.75. The molecule has 1 rings (SSSR count). The highest BCUT2D eigenvalue weighted by Gasteiger charge is 1.90. The Morgan fingerprint density at radius 3 is 2.64 bits per heavy atom. The molecule has 0 heterocycles. The molecule has 0 radical (unpaired) electrons. The van der Waals surface area contributed by atoms with E-state index < -0.39 is 0 Å². The standard InChI is InChI=1S/C12H16O2/c1-2-8-13-9-10-14-11-12-6-4-3-5-7-12/h2-8H,9-11H2,1H3/b8-2+. The van der Waals surface area contributed by atoms with Crippen LogP contribution >= 0.6 is 0 Å². The summed E-state index contributed by atoms with van der Waals surface area (Å²) >= 11 is 0. The third-order valence-electron chi connectivity index (χ3n) is 1.69. The molecule has 1 aromatic carbocycles. The third-order valence-corrected chi connectivity index (χ3v) is 1.69. The number of hydrogen-bond acceptors (Lipinski definition) is 2. The van der Waals surface area contributed by atoms with Gasteiger partial charge < -0.3 is 9.47 Å². The smallest absolute Gasteiger partial charge is 0.111 e. The molecule has 2 nitrogen and oxygen atoms in total. The van der Waals surface area contributed by atoms with Gasteiger partial charge in [-0.05, 0) is 12.5 Å². The maximum atomic E-state index is 5.41. The van der Waals surface area contributed by atoms with Gasteiger partial charge in [0.2, 0.25) is 0 Å². The van der Waals surface area contributed by atoms with E-state index in [0.29, 0.717) is 19.8 Å². The van der Waals surface area contributed by atoms with E-state index in [1.807, 2.05) is 43.3 Å². The molecule has 0 saturated carbocycles. The minimum absolute atomic E-state index is 0.608. The van der Waals surface area contributed by atoms with Gasteiger partial charge in [0.25, 0.3) is 0 Å². The molecule has 0 N–H and O–H groups in total. The van der Waals surface area contributed by atoms with Crippen LogP contribution in [0.3, 0.4) is 0 Å². The molecule has 0 spiro atoms. The van der Waals surface area contributed by atoms with Crippen molar-refractivity contribution in [1.29, 1.82) is 0 Å². The summed E-state index contributed by atoms with van der Waals surface area (Å²) in [6.45, 7) is 3.81. The van der Waals surface area contributed by atoms with Crippen molar-refractivity contribution >= 4 is 0 Å². The van der Waals surface area contributed by atoms with Gasteiger partial charge in [-0.25, -0.2) is 0 Å². The van der Waals surface area contributed by atoms with Crippen LogP contribution in [0.4, 0.5) is 0 Å². The van der Waals surface area contributed by atoms with E-state index in [2.05, 4.69) is 0 Å². The Balaban J connectivity index is 2.05. The van der Waals surface area contributed by atoms with Gasteiger partial charge >= 0.3 is 0 Å². The normalized spacial score (nSPS) is 10.6. The van der Waals surface area contributed by atoms with E-state index in [1.165, 1.54) is 5.56 Å². The minimum Gasteiger partial charge on any atom is -0.499 e. The molecule has 0 aromatic heterocycles. The van der Waals surface area contributed by atoms with Crippen molar-refractivity contribution in [2.45, 2.75) is 13.5 Å². The highest BCUT2D eigenvalue weighted by atomic mass is 16.5. The molecule has 0 atom stereocenters. The first-order valence-corrected chi connectivity index (χ1v) is 4.78. The fraction of sp³-hybridized carbons (Fsp3) is 0.333. The summed E-state index contributed by atoms with van der Waals surface area (Å²) in [5.74, 6) is 0. The van der Waals surface area contributed by atoms with E-state index >= 15 is 0 Å². The van der Waals surface area contributed by atoms with E-state index in [9.17, 15) is 0 Å². The van der Waals surface area contributed by atoms with E-state index in [-0.39, 0.29) is 0 Å². The second-order valence-electron chi connectivity index (χ2n) is 2.88. The summed E-state index contributed by atoms with van der Waals surface area (Å²) in [7, 11) is 0. The molecule has 2 heteroatoms. The molecule has 0 aliphatic heterocycles. The van der Waals surface area contributed by atoms with Crippen molar-refractivity contribution < 1.29 is 9.47 Å². The van der Waals surface area contributed by atoms with Crippen molar-refractivity contribution in [3.63, 3.8) is 0 Å². The maximum Gasteiger partial charge on any atom is 0.111 e. The molecule has 0 saturated heterocycles. The van der Waals surface area contributed by atoms with E-state index in [1.54, 1.807) is 6.26 Å². The Morgan fingerprint density at radius 1 is 1.14 bits per heavy atom. The molecule has 0 fully saturated rings. The predicted molar refractivity (Wildman–Crippen MR) is 56.9 cm³/mol. The lowest BCUT2D eigenvalue weighted by Crippen LogP contribution is -2.01. The van der Waals surface area contributed by atoms with Gasteiger partial charge in [-0.2, -0.15) is 0 Å². The van der Waals surface area contributed by atoms with Crippen LogP contribution in [0.1, 0.15) is 12.5 Å². The van der Waals surface area contributed by atoms with Crippen molar-refractivity contribution in [3.05, 3.63) is 48.2 Å². The topological polar surface area (TPSA) is 18.5 Å². The molecule has 1 aromatic rings. The van der Waals surface area contributed by atoms with Crippen molar-refractivity contribution in [1.82, 2.24) is 0 Å². The van der Waals surface area contributed by atoms with Crippen LogP contribution in [0.25, 0.3) is 0 Å². The fourth-order valence-electron chi connectivity index (χ4n) is 1.04. The summed E-state index contributed by atoms with van der Waals surface area (Å²) in [4.78, 5) is 0. The zero-order valence-corrected chi connectivity index (χ0v) is 8.48. The van der Waals surface area contributed by atoms with E-state index in [0.717, 1.165) is 0 Å². The van der Waals surface area contributed by atoms with Gasteiger partial charge in [-0.1, -0.05) is 36.4 Å². The molecule has 14 heavy (non-hydrogen) atoms. The average molecular weight is 192 g/mol. The fourth-order valence-corrected chi connectivity index (χ4v) is 1.04. The lowest BCUT2D eigenvalue weighted by molar-refractivity contribution is 0.0747. The Bertz CT molecular complexity index is 254. The number of allylic oxidation sites excluding steroid dienone is 1. The first kappa shape index (κ1) is 10.8. The first-order valence-electron chi connectivity index (χ1n) is 4.78. The largest absolute Gasteiger partial charge is 0.499 e. The Kier molecular flexibility index (Phi) is 5.52. The van der Waals surface area contributed by atoms with Gasteiger partial charge in [0.05, 0.1) is 19.5 Å². The number of hydrogen-bond donors (Lipinski definition) is 0. The van der Waals surface area contributed by atoms with Crippen LogP contribution in [0.15, 0.2) is 42.7 Å². The minimum atomic E-state index is 0.608. The lowest BCUT2D eigenvalue weighted by atomic mass is 10.2. The molecular formula is C12H16O2. The SMILES string of the molecule is C/C=C/OCCOCc1ccccc1. The summed E-state index contributed by atoms with van der Waals surface area (Å²) in [5.41, 5.74) is 1.19. The van der Waals surface area contributed by atoms with Crippen molar-refractivity contribution in [2.75, 3.05) is 13.2 Å². The average Bonchev–Trinajstić information content (AvgIpc) is 2.25. The van der Waals surface area contributed by atoms with Gasteiger partial charge in [-0.3, -0.25) is 0 Å². The molecular weight excluding hydrogens is 176 g/mol. The maximum absolute atomic E-state index is 5.41. The molecule has 0 aliphatic rings. The number of ether oxygens (including phenoxy) is 2. The van der Waals surface area contributed by atoms with Gasteiger partial charge in [0, 0.05) is 0 Å². The summed E-state index contributed by atoms with van der Waals surface area (Å²) < 4.78 is 10.5. The van der Waals surface area contributed by atoms with Crippen molar-refractivity contribution in [3.8, 4) is 0 Å². The Morgan fingerprint density at radius 2 is 1.93 bits per heavy atom. The van der Waals surface area contributed by atoms with Crippen LogP contribution in [-0.2, 0) is 16.1 Å². The first-order chi connectivity index (χ1) is 6.93. The monoisotopic (exact) mass is 192 g/mol. The molecule has 0 aliphatic carbocycles. The number of benzene rings is 1. The van der Waals surface area contributed by atoms with Crippen LogP contribution in [0.2, 0.25) is 0 Å². The van der Waals surface area contributed by atoms with Crippen LogP contribution in [0.5, 0.6) is 0 Å². The summed E-state index contributed by atoms with van der Waals surface area (Å²) in [5, 5.41) is 0. The Hall–Kier alpha value is -1.28. The zero-order chi connectivity index (χ0) is 10.1. The van der Waals surface area contributed by atoms with Crippen molar-refractivity contribution in [2.24, 2.45) is 0 Å². The Labute approximate surface area is 85.2 Å². The zero-order valence-electron chi connectivity index (χ0n) is 8.48. The van der Waals surface area contributed by atoms with Gasteiger partial charge in [0.1, 0.15) is 6.61 Å².